The Labute approximate surface area is 104 Å². The van der Waals surface area contributed by atoms with Crippen LogP contribution in [0.1, 0.15) is 5.56 Å². The molecule has 2 rings (SSSR count). The molecule has 0 aliphatic rings. The van der Waals surface area contributed by atoms with Gasteiger partial charge < -0.3 is 10.1 Å². The molecule has 0 spiro atoms. The minimum Gasteiger partial charge on any atom is -0.496 e. The first kappa shape index (κ1) is 11.3. The lowest BCUT2D eigenvalue weighted by Gasteiger charge is -2.11. The van der Waals surface area contributed by atoms with Gasteiger partial charge in [0.25, 0.3) is 0 Å². The van der Waals surface area contributed by atoms with Crippen molar-refractivity contribution >= 4 is 28.6 Å². The first-order valence-electron chi connectivity index (χ1n) is 4.88. The van der Waals surface area contributed by atoms with E-state index in [0.717, 1.165) is 22.0 Å². The van der Waals surface area contributed by atoms with Crippen LogP contribution in [0, 0.1) is 0 Å². The SMILES string of the molecule is COc1cccc(Cl)c1CNc1ccsc1. The van der Waals surface area contributed by atoms with Crippen molar-refractivity contribution < 1.29 is 4.74 Å². The summed E-state index contributed by atoms with van der Waals surface area (Å²) in [5, 5.41) is 8.12. The molecule has 2 aromatic rings. The molecule has 1 aromatic heterocycles. The molecule has 0 radical (unpaired) electrons. The second-order valence-electron chi connectivity index (χ2n) is 3.29. The molecule has 1 N–H and O–H groups in total. The van der Waals surface area contributed by atoms with E-state index in [1.165, 1.54) is 0 Å². The van der Waals surface area contributed by atoms with Crippen LogP contribution in [-0.2, 0) is 6.54 Å². The van der Waals surface area contributed by atoms with E-state index in [1.54, 1.807) is 18.4 Å². The van der Waals surface area contributed by atoms with Gasteiger partial charge in [0.1, 0.15) is 5.75 Å². The number of nitrogens with one attached hydrogen (secondary N) is 1. The summed E-state index contributed by atoms with van der Waals surface area (Å²) in [6.07, 6.45) is 0. The third-order valence-electron chi connectivity index (χ3n) is 2.29. The first-order chi connectivity index (χ1) is 7.81. The molecule has 0 aliphatic heterocycles. The van der Waals surface area contributed by atoms with Gasteiger partial charge in [-0.3, -0.25) is 0 Å². The van der Waals surface area contributed by atoms with Crippen LogP contribution in [0.15, 0.2) is 35.0 Å². The highest BCUT2D eigenvalue weighted by molar-refractivity contribution is 7.08. The van der Waals surface area contributed by atoms with E-state index >= 15 is 0 Å². The molecule has 0 atom stereocenters. The zero-order valence-electron chi connectivity index (χ0n) is 8.87. The Morgan fingerprint density at radius 1 is 1.38 bits per heavy atom. The summed E-state index contributed by atoms with van der Waals surface area (Å²) in [5.74, 6) is 0.815. The van der Waals surface area contributed by atoms with Crippen molar-refractivity contribution in [2.24, 2.45) is 0 Å². The number of benzene rings is 1. The number of hydrogen-bond acceptors (Lipinski definition) is 3. The Morgan fingerprint density at radius 3 is 2.94 bits per heavy atom. The van der Waals surface area contributed by atoms with Crippen molar-refractivity contribution in [2.45, 2.75) is 6.54 Å². The van der Waals surface area contributed by atoms with Crippen LogP contribution in [0.3, 0.4) is 0 Å². The van der Waals surface area contributed by atoms with Gasteiger partial charge in [0.05, 0.1) is 7.11 Å². The van der Waals surface area contributed by atoms with E-state index in [0.29, 0.717) is 6.54 Å². The molecule has 0 bridgehead atoms. The van der Waals surface area contributed by atoms with Gasteiger partial charge in [0.15, 0.2) is 0 Å². The summed E-state index contributed by atoms with van der Waals surface area (Å²) < 4.78 is 5.27. The van der Waals surface area contributed by atoms with Gasteiger partial charge in [-0.15, -0.1) is 0 Å². The summed E-state index contributed by atoms with van der Waals surface area (Å²) in [7, 11) is 1.65. The molecule has 84 valence electrons. The molecule has 0 saturated carbocycles. The van der Waals surface area contributed by atoms with Crippen LogP contribution in [0.5, 0.6) is 5.75 Å². The van der Waals surface area contributed by atoms with Gasteiger partial charge in [-0.2, -0.15) is 11.3 Å². The molecule has 0 unspecified atom stereocenters. The molecule has 0 fully saturated rings. The Kier molecular flexibility index (Phi) is 3.70. The maximum Gasteiger partial charge on any atom is 0.125 e. The van der Waals surface area contributed by atoms with Crippen molar-refractivity contribution in [3.8, 4) is 5.75 Å². The molecule has 0 amide bonds. The van der Waals surface area contributed by atoms with E-state index in [1.807, 2.05) is 29.6 Å². The topological polar surface area (TPSA) is 21.3 Å². The van der Waals surface area contributed by atoms with Crippen molar-refractivity contribution in [3.05, 3.63) is 45.6 Å². The quantitative estimate of drug-likeness (QED) is 0.889. The fourth-order valence-electron chi connectivity index (χ4n) is 1.46. The molecule has 1 aromatic carbocycles. The van der Waals surface area contributed by atoms with Gasteiger partial charge in [-0.25, -0.2) is 0 Å². The highest BCUT2D eigenvalue weighted by Gasteiger charge is 2.06. The molecule has 1 heterocycles. The summed E-state index contributed by atoms with van der Waals surface area (Å²) in [6.45, 7) is 0.666. The van der Waals surface area contributed by atoms with Crippen LogP contribution in [0.4, 0.5) is 5.69 Å². The Hall–Kier alpha value is -1.19. The number of methoxy groups -OCH3 is 1. The average Bonchev–Trinajstić information content (AvgIpc) is 2.80. The highest BCUT2D eigenvalue weighted by atomic mass is 35.5. The van der Waals surface area contributed by atoms with Crippen molar-refractivity contribution in [1.29, 1.82) is 0 Å². The highest BCUT2D eigenvalue weighted by Crippen LogP contribution is 2.27. The van der Waals surface area contributed by atoms with E-state index in [2.05, 4.69) is 10.7 Å². The van der Waals surface area contributed by atoms with Gasteiger partial charge in [-0.05, 0) is 23.6 Å². The summed E-state index contributed by atoms with van der Waals surface area (Å²) >= 11 is 7.79. The predicted molar refractivity (Wildman–Crippen MR) is 69.6 cm³/mol. The normalized spacial score (nSPS) is 10.1. The molecule has 4 heteroatoms. The van der Waals surface area contributed by atoms with Crippen molar-refractivity contribution in [1.82, 2.24) is 0 Å². The van der Waals surface area contributed by atoms with Gasteiger partial charge in [0.2, 0.25) is 0 Å². The number of hydrogen-bond donors (Lipinski definition) is 1. The molecule has 16 heavy (non-hydrogen) atoms. The van der Waals surface area contributed by atoms with Crippen LogP contribution in [0.2, 0.25) is 5.02 Å². The van der Waals surface area contributed by atoms with E-state index in [9.17, 15) is 0 Å². The van der Waals surface area contributed by atoms with Crippen molar-refractivity contribution in [2.75, 3.05) is 12.4 Å². The lowest BCUT2D eigenvalue weighted by Crippen LogP contribution is -2.01. The Morgan fingerprint density at radius 2 is 2.25 bits per heavy atom. The number of ether oxygens (including phenoxy) is 1. The Bertz CT molecular complexity index is 456. The second-order valence-corrected chi connectivity index (χ2v) is 4.47. The van der Waals surface area contributed by atoms with Gasteiger partial charge in [0, 0.05) is 28.2 Å². The largest absolute Gasteiger partial charge is 0.496 e. The molecular weight excluding hydrogens is 242 g/mol. The summed E-state index contributed by atoms with van der Waals surface area (Å²) in [4.78, 5) is 0. The van der Waals surface area contributed by atoms with Crippen molar-refractivity contribution in [3.63, 3.8) is 0 Å². The fraction of sp³-hybridized carbons (Fsp3) is 0.167. The molecule has 0 aliphatic carbocycles. The third-order valence-corrected chi connectivity index (χ3v) is 3.32. The zero-order chi connectivity index (χ0) is 11.4. The standard InChI is InChI=1S/C12H12ClNOS/c1-15-12-4-2-3-11(13)10(12)7-14-9-5-6-16-8-9/h2-6,8,14H,7H2,1H3. The number of thiophene rings is 1. The summed E-state index contributed by atoms with van der Waals surface area (Å²) in [5.41, 5.74) is 2.09. The maximum atomic E-state index is 6.13. The second kappa shape index (κ2) is 5.23. The maximum absolute atomic E-state index is 6.13. The molecular formula is C12H12ClNOS. The number of halogens is 1. The summed E-state index contributed by atoms with van der Waals surface area (Å²) in [6, 6.07) is 7.70. The predicted octanol–water partition coefficient (Wildman–Crippen LogP) is 4.02. The Balaban J connectivity index is 2.14. The van der Waals surface area contributed by atoms with E-state index in [-0.39, 0.29) is 0 Å². The smallest absolute Gasteiger partial charge is 0.125 e. The van der Waals surface area contributed by atoms with Crippen LogP contribution < -0.4 is 10.1 Å². The van der Waals surface area contributed by atoms with Crippen LogP contribution >= 0.6 is 22.9 Å². The molecule has 0 saturated heterocycles. The minimum absolute atomic E-state index is 0.666. The first-order valence-corrected chi connectivity index (χ1v) is 6.21. The van der Waals surface area contributed by atoms with Crippen LogP contribution in [-0.4, -0.2) is 7.11 Å². The fourth-order valence-corrected chi connectivity index (χ4v) is 2.30. The molecule has 2 nitrogen and oxygen atoms in total. The monoisotopic (exact) mass is 253 g/mol. The van der Waals surface area contributed by atoms with Gasteiger partial charge >= 0.3 is 0 Å². The lowest BCUT2D eigenvalue weighted by molar-refractivity contribution is 0.410. The third kappa shape index (κ3) is 2.49. The van der Waals surface area contributed by atoms with E-state index < -0.39 is 0 Å². The number of anilines is 1. The zero-order valence-corrected chi connectivity index (χ0v) is 10.4. The minimum atomic E-state index is 0.666. The lowest BCUT2D eigenvalue weighted by atomic mass is 10.2. The number of rotatable bonds is 4. The van der Waals surface area contributed by atoms with Gasteiger partial charge in [-0.1, -0.05) is 17.7 Å². The van der Waals surface area contributed by atoms with Crippen LogP contribution in [0.25, 0.3) is 0 Å². The average molecular weight is 254 g/mol. The van der Waals surface area contributed by atoms with E-state index in [4.69, 9.17) is 16.3 Å².